The van der Waals surface area contributed by atoms with Gasteiger partial charge in [-0.05, 0) is 31.6 Å². The van der Waals surface area contributed by atoms with Crippen molar-refractivity contribution in [1.82, 2.24) is 9.88 Å². The molecule has 4 heteroatoms. The Hall–Kier alpha value is -0.900. The fraction of sp³-hybridized carbons (Fsp3) is 0.714. The van der Waals surface area contributed by atoms with E-state index in [2.05, 4.69) is 9.88 Å². The molecule has 98 valence electrons. The predicted molar refractivity (Wildman–Crippen MR) is 72.7 cm³/mol. The lowest BCUT2D eigenvalue weighted by Crippen LogP contribution is -2.38. The van der Waals surface area contributed by atoms with Gasteiger partial charge in [0.15, 0.2) is 0 Å². The van der Waals surface area contributed by atoms with Crippen molar-refractivity contribution in [3.05, 3.63) is 16.6 Å². The van der Waals surface area contributed by atoms with Crippen molar-refractivity contribution in [2.24, 2.45) is 5.92 Å². The third-order valence-corrected chi connectivity index (χ3v) is 4.67. The van der Waals surface area contributed by atoms with Crippen molar-refractivity contribution >= 4 is 17.2 Å². The summed E-state index contributed by atoms with van der Waals surface area (Å²) in [6.45, 7) is 0.959. The maximum absolute atomic E-state index is 12.4. The highest BCUT2D eigenvalue weighted by molar-refractivity contribution is 7.07. The molecule has 0 saturated heterocycles. The molecule has 0 aliphatic heterocycles. The van der Waals surface area contributed by atoms with Gasteiger partial charge in [0.25, 0.3) is 5.91 Å². The van der Waals surface area contributed by atoms with Crippen molar-refractivity contribution in [3.8, 4) is 0 Å². The number of thiazole rings is 1. The average Bonchev–Trinajstić information content (AvgIpc) is 3.10. The predicted octanol–water partition coefficient (Wildman–Crippen LogP) is 3.33. The Bertz CT molecular complexity index is 394. The average molecular weight is 264 g/mol. The molecular weight excluding hydrogens is 244 g/mol. The SMILES string of the molecule is O=C(c1cscn1)N(CC1CCCCC1)C1CC1. The number of hydrogen-bond donors (Lipinski definition) is 0. The van der Waals surface area contributed by atoms with E-state index >= 15 is 0 Å². The Morgan fingerprint density at radius 2 is 2.06 bits per heavy atom. The highest BCUT2D eigenvalue weighted by Crippen LogP contribution is 2.32. The van der Waals surface area contributed by atoms with Gasteiger partial charge in [0.2, 0.25) is 0 Å². The van der Waals surface area contributed by atoms with Crippen LogP contribution in [0, 0.1) is 5.92 Å². The van der Waals surface area contributed by atoms with Crippen LogP contribution in [0.5, 0.6) is 0 Å². The Balaban J connectivity index is 1.66. The summed E-state index contributed by atoms with van der Waals surface area (Å²) >= 11 is 1.50. The van der Waals surface area contributed by atoms with Gasteiger partial charge in [-0.2, -0.15) is 0 Å². The molecule has 18 heavy (non-hydrogen) atoms. The largest absolute Gasteiger partial charge is 0.334 e. The third kappa shape index (κ3) is 2.74. The van der Waals surface area contributed by atoms with E-state index in [-0.39, 0.29) is 5.91 Å². The van der Waals surface area contributed by atoms with Gasteiger partial charge >= 0.3 is 0 Å². The van der Waals surface area contributed by atoms with E-state index in [1.54, 1.807) is 5.51 Å². The van der Waals surface area contributed by atoms with Gasteiger partial charge in [0.1, 0.15) is 5.69 Å². The molecule has 1 aromatic heterocycles. The number of aromatic nitrogens is 1. The molecule has 1 heterocycles. The highest BCUT2D eigenvalue weighted by atomic mass is 32.1. The van der Waals surface area contributed by atoms with Crippen LogP contribution in [0.2, 0.25) is 0 Å². The number of rotatable bonds is 4. The monoisotopic (exact) mass is 264 g/mol. The Morgan fingerprint density at radius 3 is 2.67 bits per heavy atom. The van der Waals surface area contributed by atoms with Gasteiger partial charge < -0.3 is 4.90 Å². The molecular formula is C14H20N2OS. The summed E-state index contributed by atoms with van der Waals surface area (Å²) in [4.78, 5) is 18.7. The third-order valence-electron chi connectivity index (χ3n) is 4.08. The second-order valence-corrected chi connectivity index (χ2v) is 6.29. The van der Waals surface area contributed by atoms with Gasteiger partial charge in [-0.3, -0.25) is 4.79 Å². The standard InChI is InChI=1S/C14H20N2OS/c17-14(13-9-18-10-15-13)16(12-6-7-12)8-11-4-2-1-3-5-11/h9-12H,1-8H2. The first-order chi connectivity index (χ1) is 8.84. The summed E-state index contributed by atoms with van der Waals surface area (Å²) in [5, 5.41) is 1.87. The smallest absolute Gasteiger partial charge is 0.273 e. The number of amides is 1. The summed E-state index contributed by atoms with van der Waals surface area (Å²) in [5.41, 5.74) is 2.39. The Labute approximate surface area is 112 Å². The Kier molecular flexibility index (Phi) is 3.64. The van der Waals surface area contributed by atoms with Gasteiger partial charge in [-0.15, -0.1) is 11.3 Å². The summed E-state index contributed by atoms with van der Waals surface area (Å²) in [6.07, 6.45) is 9.02. The van der Waals surface area contributed by atoms with Crippen LogP contribution in [0.3, 0.4) is 0 Å². The maximum atomic E-state index is 12.4. The topological polar surface area (TPSA) is 33.2 Å². The first kappa shape index (κ1) is 12.2. The maximum Gasteiger partial charge on any atom is 0.273 e. The number of nitrogens with zero attached hydrogens (tertiary/aromatic N) is 2. The van der Waals surface area contributed by atoms with Crippen molar-refractivity contribution in [2.75, 3.05) is 6.54 Å². The van der Waals surface area contributed by atoms with Crippen LogP contribution in [0.25, 0.3) is 0 Å². The van der Waals surface area contributed by atoms with Crippen LogP contribution >= 0.6 is 11.3 Å². The molecule has 1 amide bonds. The molecule has 0 atom stereocenters. The van der Waals surface area contributed by atoms with E-state index in [1.807, 2.05) is 5.38 Å². The molecule has 0 bridgehead atoms. The molecule has 0 radical (unpaired) electrons. The van der Waals surface area contributed by atoms with E-state index in [0.29, 0.717) is 11.7 Å². The molecule has 2 saturated carbocycles. The zero-order valence-electron chi connectivity index (χ0n) is 10.7. The van der Waals surface area contributed by atoms with E-state index in [1.165, 1.54) is 56.3 Å². The lowest BCUT2D eigenvalue weighted by Gasteiger charge is -2.29. The first-order valence-electron chi connectivity index (χ1n) is 7.04. The minimum atomic E-state index is 0.157. The zero-order chi connectivity index (χ0) is 12.4. The van der Waals surface area contributed by atoms with Crippen molar-refractivity contribution in [3.63, 3.8) is 0 Å². The van der Waals surface area contributed by atoms with Crippen LogP contribution in [0.4, 0.5) is 0 Å². The Morgan fingerprint density at radius 1 is 1.28 bits per heavy atom. The molecule has 0 unspecified atom stereocenters. The summed E-state index contributed by atoms with van der Waals surface area (Å²) in [5.74, 6) is 0.881. The summed E-state index contributed by atoms with van der Waals surface area (Å²) < 4.78 is 0. The first-order valence-corrected chi connectivity index (χ1v) is 7.98. The van der Waals surface area contributed by atoms with Crippen molar-refractivity contribution in [1.29, 1.82) is 0 Å². The van der Waals surface area contributed by atoms with Crippen LogP contribution in [-0.4, -0.2) is 28.4 Å². The fourth-order valence-corrected chi connectivity index (χ4v) is 3.42. The van der Waals surface area contributed by atoms with E-state index < -0.39 is 0 Å². The normalized spacial score (nSPS) is 20.9. The van der Waals surface area contributed by atoms with Crippen molar-refractivity contribution < 1.29 is 4.79 Å². The second kappa shape index (κ2) is 5.39. The quantitative estimate of drug-likeness (QED) is 0.835. The zero-order valence-corrected chi connectivity index (χ0v) is 11.5. The van der Waals surface area contributed by atoms with Gasteiger partial charge in [-0.1, -0.05) is 19.3 Å². The van der Waals surface area contributed by atoms with Crippen molar-refractivity contribution in [2.45, 2.75) is 51.0 Å². The van der Waals surface area contributed by atoms with Crippen LogP contribution < -0.4 is 0 Å². The highest BCUT2D eigenvalue weighted by Gasteiger charge is 2.35. The second-order valence-electron chi connectivity index (χ2n) is 5.57. The van der Waals surface area contributed by atoms with Gasteiger partial charge in [0.05, 0.1) is 5.51 Å². The summed E-state index contributed by atoms with van der Waals surface area (Å²) in [7, 11) is 0. The van der Waals surface area contributed by atoms with Crippen LogP contribution in [-0.2, 0) is 0 Å². The number of carbonyl (C=O) groups excluding carboxylic acids is 1. The molecule has 2 aliphatic rings. The fourth-order valence-electron chi connectivity index (χ4n) is 2.90. The molecule has 0 spiro atoms. The molecule has 1 aromatic rings. The molecule has 2 fully saturated rings. The van der Waals surface area contributed by atoms with Gasteiger partial charge in [0, 0.05) is 18.0 Å². The van der Waals surface area contributed by atoms with E-state index in [0.717, 1.165) is 12.5 Å². The number of carbonyl (C=O) groups is 1. The number of hydrogen-bond acceptors (Lipinski definition) is 3. The minimum absolute atomic E-state index is 0.157. The molecule has 0 aromatic carbocycles. The molecule has 3 rings (SSSR count). The van der Waals surface area contributed by atoms with Crippen LogP contribution in [0.15, 0.2) is 10.9 Å². The molecule has 3 nitrogen and oxygen atoms in total. The summed E-state index contributed by atoms with van der Waals surface area (Å²) in [6, 6.07) is 0.501. The molecule has 2 aliphatic carbocycles. The lowest BCUT2D eigenvalue weighted by molar-refractivity contribution is 0.0693. The van der Waals surface area contributed by atoms with Gasteiger partial charge in [-0.25, -0.2) is 4.98 Å². The molecule has 0 N–H and O–H groups in total. The van der Waals surface area contributed by atoms with Crippen LogP contribution in [0.1, 0.15) is 55.4 Å². The lowest BCUT2D eigenvalue weighted by atomic mass is 9.89. The van der Waals surface area contributed by atoms with E-state index in [9.17, 15) is 4.79 Å². The van der Waals surface area contributed by atoms with E-state index in [4.69, 9.17) is 0 Å². The minimum Gasteiger partial charge on any atom is -0.334 e.